The van der Waals surface area contributed by atoms with Gasteiger partial charge < -0.3 is 14.1 Å². The number of benzene rings is 1. The third kappa shape index (κ3) is 3.74. The van der Waals surface area contributed by atoms with E-state index in [1.54, 1.807) is 12.1 Å². The first-order valence-corrected chi connectivity index (χ1v) is 8.02. The number of carbonyl (C=O) groups excluding carboxylic acids is 1. The van der Waals surface area contributed by atoms with Gasteiger partial charge in [0.05, 0.1) is 24.8 Å². The predicted octanol–water partition coefficient (Wildman–Crippen LogP) is 3.09. The highest BCUT2D eigenvalue weighted by Crippen LogP contribution is 2.24. The smallest absolute Gasteiger partial charge is 0.228 e. The first-order valence-electron chi connectivity index (χ1n) is 7.64. The number of hydrogen-bond donors (Lipinski definition) is 0. The first-order chi connectivity index (χ1) is 11.0. The van der Waals surface area contributed by atoms with Crippen LogP contribution in [0.5, 0.6) is 0 Å². The lowest BCUT2D eigenvalue weighted by atomic mass is 10.2. The van der Waals surface area contributed by atoms with E-state index >= 15 is 0 Å². The molecule has 0 radical (unpaired) electrons. The van der Waals surface area contributed by atoms with Gasteiger partial charge in [0.15, 0.2) is 0 Å². The van der Waals surface area contributed by atoms with Crippen LogP contribution in [0.4, 0.5) is 0 Å². The molecular formula is C17H19ClN2O3. The van der Waals surface area contributed by atoms with Crippen LogP contribution in [0.3, 0.4) is 0 Å². The SMILES string of the molecule is Cc1oc(-c2cccc(Cl)c2)nc1CC(=O)N1CCOC(C)C1. The van der Waals surface area contributed by atoms with Crippen LogP contribution in [0.1, 0.15) is 18.4 Å². The topological polar surface area (TPSA) is 55.6 Å². The molecule has 1 fully saturated rings. The summed E-state index contributed by atoms with van der Waals surface area (Å²) in [6.45, 7) is 5.63. The summed E-state index contributed by atoms with van der Waals surface area (Å²) >= 11 is 6.00. The lowest BCUT2D eigenvalue weighted by Gasteiger charge is -2.31. The molecular weight excluding hydrogens is 316 g/mol. The van der Waals surface area contributed by atoms with Crippen molar-refractivity contribution in [1.29, 1.82) is 0 Å². The molecule has 23 heavy (non-hydrogen) atoms. The van der Waals surface area contributed by atoms with Crippen molar-refractivity contribution >= 4 is 17.5 Å². The molecule has 1 aromatic heterocycles. The van der Waals surface area contributed by atoms with Gasteiger partial charge in [0.1, 0.15) is 5.76 Å². The average Bonchev–Trinajstić information content (AvgIpc) is 2.88. The number of morpholine rings is 1. The molecule has 1 aliphatic rings. The summed E-state index contributed by atoms with van der Waals surface area (Å²) in [6, 6.07) is 7.32. The zero-order valence-electron chi connectivity index (χ0n) is 13.2. The van der Waals surface area contributed by atoms with E-state index < -0.39 is 0 Å². The van der Waals surface area contributed by atoms with Gasteiger partial charge in [0, 0.05) is 23.7 Å². The second-order valence-corrected chi connectivity index (χ2v) is 6.17. The molecule has 5 nitrogen and oxygen atoms in total. The van der Waals surface area contributed by atoms with Gasteiger partial charge in [-0.1, -0.05) is 17.7 Å². The highest BCUT2D eigenvalue weighted by atomic mass is 35.5. The maximum Gasteiger partial charge on any atom is 0.228 e. The normalized spacial score (nSPS) is 18.2. The van der Waals surface area contributed by atoms with Gasteiger partial charge in [-0.15, -0.1) is 0 Å². The molecule has 0 N–H and O–H groups in total. The fourth-order valence-electron chi connectivity index (χ4n) is 2.64. The van der Waals surface area contributed by atoms with Crippen molar-refractivity contribution in [3.8, 4) is 11.5 Å². The van der Waals surface area contributed by atoms with Crippen LogP contribution >= 0.6 is 11.6 Å². The van der Waals surface area contributed by atoms with Crippen molar-refractivity contribution in [2.75, 3.05) is 19.7 Å². The molecule has 3 rings (SSSR count). The van der Waals surface area contributed by atoms with Crippen LogP contribution in [0.2, 0.25) is 5.02 Å². The number of amides is 1. The summed E-state index contributed by atoms with van der Waals surface area (Å²) < 4.78 is 11.2. The van der Waals surface area contributed by atoms with Gasteiger partial charge in [0.2, 0.25) is 11.8 Å². The molecule has 0 spiro atoms. The molecule has 2 aromatic rings. The Kier molecular flexibility index (Phi) is 4.68. The number of carbonyl (C=O) groups is 1. The largest absolute Gasteiger partial charge is 0.441 e. The summed E-state index contributed by atoms with van der Waals surface area (Å²) in [5.74, 6) is 1.20. The molecule has 1 saturated heterocycles. The second-order valence-electron chi connectivity index (χ2n) is 5.73. The van der Waals surface area contributed by atoms with Gasteiger partial charge in [-0.05, 0) is 32.0 Å². The highest BCUT2D eigenvalue weighted by molar-refractivity contribution is 6.30. The lowest BCUT2D eigenvalue weighted by Crippen LogP contribution is -2.45. The van der Waals surface area contributed by atoms with E-state index in [1.165, 1.54) is 0 Å². The summed E-state index contributed by atoms with van der Waals surface area (Å²) in [5, 5.41) is 0.623. The Hall–Kier alpha value is -1.85. The minimum absolute atomic E-state index is 0.0502. The molecule has 1 unspecified atom stereocenters. The third-order valence-electron chi connectivity index (χ3n) is 3.88. The van der Waals surface area contributed by atoms with Crippen molar-refractivity contribution in [2.45, 2.75) is 26.4 Å². The van der Waals surface area contributed by atoms with Gasteiger partial charge in [0.25, 0.3) is 0 Å². The number of ether oxygens (including phenoxy) is 1. The van der Waals surface area contributed by atoms with E-state index in [0.29, 0.717) is 42.1 Å². The van der Waals surface area contributed by atoms with Crippen molar-refractivity contribution in [2.24, 2.45) is 0 Å². The maximum absolute atomic E-state index is 12.4. The minimum atomic E-state index is 0.0502. The number of nitrogens with zero attached hydrogens (tertiary/aromatic N) is 2. The van der Waals surface area contributed by atoms with Crippen LogP contribution in [0.25, 0.3) is 11.5 Å². The fraction of sp³-hybridized carbons (Fsp3) is 0.412. The van der Waals surface area contributed by atoms with Crippen molar-refractivity contribution in [1.82, 2.24) is 9.88 Å². The number of hydrogen-bond acceptors (Lipinski definition) is 4. The van der Waals surface area contributed by atoms with Crippen LogP contribution in [-0.2, 0) is 16.0 Å². The van der Waals surface area contributed by atoms with Crippen LogP contribution in [0.15, 0.2) is 28.7 Å². The molecule has 1 aromatic carbocycles. The van der Waals surface area contributed by atoms with Crippen LogP contribution < -0.4 is 0 Å². The Balaban J connectivity index is 1.75. The Morgan fingerprint density at radius 3 is 3.04 bits per heavy atom. The van der Waals surface area contributed by atoms with E-state index in [4.69, 9.17) is 20.8 Å². The highest BCUT2D eigenvalue weighted by Gasteiger charge is 2.23. The predicted molar refractivity (Wildman–Crippen MR) is 87.4 cm³/mol. The first kappa shape index (κ1) is 16.0. The average molecular weight is 335 g/mol. The molecule has 122 valence electrons. The van der Waals surface area contributed by atoms with Crippen molar-refractivity contribution in [3.05, 3.63) is 40.7 Å². The lowest BCUT2D eigenvalue weighted by molar-refractivity contribution is -0.137. The van der Waals surface area contributed by atoms with E-state index in [1.807, 2.05) is 30.9 Å². The van der Waals surface area contributed by atoms with Gasteiger partial charge in [-0.25, -0.2) is 4.98 Å². The molecule has 0 bridgehead atoms. The summed E-state index contributed by atoms with van der Waals surface area (Å²) in [5.41, 5.74) is 1.48. The Morgan fingerprint density at radius 2 is 2.30 bits per heavy atom. The molecule has 0 aliphatic carbocycles. The summed E-state index contributed by atoms with van der Waals surface area (Å²) in [7, 11) is 0. The van der Waals surface area contributed by atoms with E-state index in [2.05, 4.69) is 4.98 Å². The zero-order valence-corrected chi connectivity index (χ0v) is 14.0. The number of rotatable bonds is 3. The Labute approximate surface area is 140 Å². The molecule has 2 heterocycles. The van der Waals surface area contributed by atoms with Crippen LogP contribution in [-0.4, -0.2) is 41.6 Å². The molecule has 1 atom stereocenters. The van der Waals surface area contributed by atoms with Gasteiger partial charge >= 0.3 is 0 Å². The van der Waals surface area contributed by atoms with Gasteiger partial charge in [-0.3, -0.25) is 4.79 Å². The van der Waals surface area contributed by atoms with E-state index in [-0.39, 0.29) is 18.4 Å². The Bertz CT molecular complexity index is 714. The summed E-state index contributed by atoms with van der Waals surface area (Å²) in [6.07, 6.45) is 0.316. The molecule has 0 saturated carbocycles. The molecule has 1 amide bonds. The zero-order chi connectivity index (χ0) is 16.4. The number of oxazole rings is 1. The number of aromatic nitrogens is 1. The third-order valence-corrected chi connectivity index (χ3v) is 4.11. The Morgan fingerprint density at radius 1 is 1.48 bits per heavy atom. The summed E-state index contributed by atoms with van der Waals surface area (Å²) in [4.78, 5) is 18.7. The molecule has 6 heteroatoms. The van der Waals surface area contributed by atoms with E-state index in [9.17, 15) is 4.79 Å². The molecule has 1 aliphatic heterocycles. The quantitative estimate of drug-likeness (QED) is 0.865. The van der Waals surface area contributed by atoms with Gasteiger partial charge in [-0.2, -0.15) is 0 Å². The number of aryl methyl sites for hydroxylation is 1. The van der Waals surface area contributed by atoms with Crippen molar-refractivity contribution in [3.63, 3.8) is 0 Å². The second kappa shape index (κ2) is 6.72. The van der Waals surface area contributed by atoms with Crippen LogP contribution in [0, 0.1) is 6.92 Å². The fourth-order valence-corrected chi connectivity index (χ4v) is 2.83. The van der Waals surface area contributed by atoms with Crippen molar-refractivity contribution < 1.29 is 13.9 Å². The standard InChI is InChI=1S/C17H19ClN2O3/c1-11-10-20(6-7-22-11)16(21)9-15-12(2)23-17(19-15)13-4-3-5-14(18)8-13/h3-5,8,11H,6-7,9-10H2,1-2H3. The number of halogens is 1. The monoisotopic (exact) mass is 334 g/mol. The minimum Gasteiger partial charge on any atom is -0.441 e. The maximum atomic E-state index is 12.4. The van der Waals surface area contributed by atoms with E-state index in [0.717, 1.165) is 5.56 Å².